The van der Waals surface area contributed by atoms with Gasteiger partial charge in [0.05, 0.1) is 5.69 Å². The number of anilines is 1. The minimum atomic E-state index is -0.112. The van der Waals surface area contributed by atoms with E-state index in [9.17, 15) is 4.39 Å². The SMILES string of the molecule is Cn1nc(-c2ccc(C3CCCCC3)c(F)c2)cc1N. The molecule has 2 N–H and O–H groups in total. The Morgan fingerprint density at radius 2 is 1.95 bits per heavy atom. The first kappa shape index (κ1) is 13.2. The van der Waals surface area contributed by atoms with E-state index in [0.717, 1.165) is 29.7 Å². The van der Waals surface area contributed by atoms with Crippen molar-refractivity contribution in [2.24, 2.45) is 7.05 Å². The molecule has 3 rings (SSSR count). The van der Waals surface area contributed by atoms with Crippen LogP contribution < -0.4 is 5.73 Å². The Kier molecular flexibility index (Phi) is 3.47. The molecule has 0 radical (unpaired) electrons. The third kappa shape index (κ3) is 2.42. The van der Waals surface area contributed by atoms with Crippen molar-refractivity contribution in [3.05, 3.63) is 35.6 Å². The number of benzene rings is 1. The fraction of sp³-hybridized carbons (Fsp3) is 0.438. The predicted molar refractivity (Wildman–Crippen MR) is 78.8 cm³/mol. The maximum atomic E-state index is 14.4. The van der Waals surface area contributed by atoms with E-state index in [0.29, 0.717) is 11.7 Å². The second-order valence-corrected chi connectivity index (χ2v) is 5.65. The van der Waals surface area contributed by atoms with Gasteiger partial charge in [0.25, 0.3) is 0 Å². The van der Waals surface area contributed by atoms with Crippen LogP contribution >= 0.6 is 0 Å². The topological polar surface area (TPSA) is 43.8 Å². The second kappa shape index (κ2) is 5.27. The van der Waals surface area contributed by atoms with Crippen LogP contribution in [0.15, 0.2) is 24.3 Å². The van der Waals surface area contributed by atoms with E-state index in [1.54, 1.807) is 23.9 Å². The number of nitrogens with two attached hydrogens (primary N) is 1. The van der Waals surface area contributed by atoms with Crippen molar-refractivity contribution in [2.75, 3.05) is 5.73 Å². The van der Waals surface area contributed by atoms with E-state index in [1.807, 2.05) is 12.1 Å². The first-order valence-electron chi connectivity index (χ1n) is 7.24. The van der Waals surface area contributed by atoms with Gasteiger partial charge in [-0.3, -0.25) is 4.68 Å². The van der Waals surface area contributed by atoms with E-state index < -0.39 is 0 Å². The summed E-state index contributed by atoms with van der Waals surface area (Å²) in [5.41, 5.74) is 8.14. The molecule has 1 aliphatic rings. The number of rotatable bonds is 2. The summed E-state index contributed by atoms with van der Waals surface area (Å²) in [6.45, 7) is 0. The molecule has 0 aliphatic heterocycles. The molecular formula is C16H20FN3. The monoisotopic (exact) mass is 273 g/mol. The quantitative estimate of drug-likeness (QED) is 0.903. The minimum Gasteiger partial charge on any atom is -0.384 e. The van der Waals surface area contributed by atoms with Crippen LogP contribution in [0.2, 0.25) is 0 Å². The molecule has 0 saturated heterocycles. The normalized spacial score (nSPS) is 16.5. The van der Waals surface area contributed by atoms with Gasteiger partial charge in [-0.05, 0) is 30.4 Å². The van der Waals surface area contributed by atoms with Crippen molar-refractivity contribution >= 4 is 5.82 Å². The Bertz CT molecular complexity index is 593. The van der Waals surface area contributed by atoms with Crippen molar-refractivity contribution < 1.29 is 4.39 Å². The Labute approximate surface area is 118 Å². The first-order valence-corrected chi connectivity index (χ1v) is 7.24. The fourth-order valence-electron chi connectivity index (χ4n) is 3.05. The lowest BCUT2D eigenvalue weighted by Crippen LogP contribution is -2.06. The summed E-state index contributed by atoms with van der Waals surface area (Å²) in [6, 6.07) is 7.24. The van der Waals surface area contributed by atoms with E-state index in [1.165, 1.54) is 19.3 Å². The standard InChI is InChI=1S/C16H20FN3/c1-20-16(18)10-15(19-20)12-7-8-13(14(17)9-12)11-5-3-2-4-6-11/h7-11H,2-6,18H2,1H3. The predicted octanol–water partition coefficient (Wildman–Crippen LogP) is 3.86. The van der Waals surface area contributed by atoms with Gasteiger partial charge in [0.2, 0.25) is 0 Å². The van der Waals surface area contributed by atoms with Crippen LogP contribution in [0, 0.1) is 5.82 Å². The highest BCUT2D eigenvalue weighted by atomic mass is 19.1. The van der Waals surface area contributed by atoms with E-state index in [-0.39, 0.29) is 5.82 Å². The van der Waals surface area contributed by atoms with Crippen molar-refractivity contribution in [1.29, 1.82) is 0 Å². The molecule has 1 heterocycles. The molecule has 1 saturated carbocycles. The van der Waals surface area contributed by atoms with Crippen LogP contribution in [-0.2, 0) is 7.05 Å². The summed E-state index contributed by atoms with van der Waals surface area (Å²) in [7, 11) is 1.78. The first-order chi connectivity index (χ1) is 9.65. The summed E-state index contributed by atoms with van der Waals surface area (Å²) in [5, 5.41) is 4.29. The third-order valence-electron chi connectivity index (χ3n) is 4.26. The van der Waals surface area contributed by atoms with Gasteiger partial charge in [-0.1, -0.05) is 31.4 Å². The van der Waals surface area contributed by atoms with Crippen LogP contribution in [0.3, 0.4) is 0 Å². The highest BCUT2D eigenvalue weighted by Crippen LogP contribution is 2.35. The molecule has 0 spiro atoms. The Balaban J connectivity index is 1.90. The molecule has 3 nitrogen and oxygen atoms in total. The average Bonchev–Trinajstić information content (AvgIpc) is 2.79. The van der Waals surface area contributed by atoms with Gasteiger partial charge in [0, 0.05) is 18.7 Å². The van der Waals surface area contributed by atoms with Gasteiger partial charge in [0.1, 0.15) is 11.6 Å². The number of aromatic nitrogens is 2. The molecule has 1 fully saturated rings. The highest BCUT2D eigenvalue weighted by Gasteiger charge is 2.19. The molecule has 106 valence electrons. The number of hydrogen-bond donors (Lipinski definition) is 1. The number of aryl methyl sites for hydroxylation is 1. The molecule has 1 aromatic carbocycles. The summed E-state index contributed by atoms with van der Waals surface area (Å²) in [6.07, 6.45) is 5.91. The highest BCUT2D eigenvalue weighted by molar-refractivity contribution is 5.62. The summed E-state index contributed by atoms with van der Waals surface area (Å²) in [5.74, 6) is 0.849. The lowest BCUT2D eigenvalue weighted by Gasteiger charge is -2.22. The van der Waals surface area contributed by atoms with E-state index in [2.05, 4.69) is 5.10 Å². The summed E-state index contributed by atoms with van der Waals surface area (Å²) >= 11 is 0. The number of nitrogen functional groups attached to an aromatic ring is 1. The van der Waals surface area contributed by atoms with Crippen molar-refractivity contribution in [3.63, 3.8) is 0 Å². The summed E-state index contributed by atoms with van der Waals surface area (Å²) < 4.78 is 16.0. The molecule has 20 heavy (non-hydrogen) atoms. The molecule has 0 bridgehead atoms. The van der Waals surface area contributed by atoms with Crippen molar-refractivity contribution in [3.8, 4) is 11.3 Å². The molecule has 4 heteroatoms. The van der Waals surface area contributed by atoms with Gasteiger partial charge in [-0.15, -0.1) is 0 Å². The molecule has 0 amide bonds. The zero-order chi connectivity index (χ0) is 14.1. The summed E-state index contributed by atoms with van der Waals surface area (Å²) in [4.78, 5) is 0. The smallest absolute Gasteiger partial charge is 0.127 e. The largest absolute Gasteiger partial charge is 0.384 e. The number of hydrogen-bond acceptors (Lipinski definition) is 2. The van der Waals surface area contributed by atoms with Gasteiger partial charge < -0.3 is 5.73 Å². The van der Waals surface area contributed by atoms with Gasteiger partial charge in [-0.2, -0.15) is 5.10 Å². The lowest BCUT2D eigenvalue weighted by molar-refractivity contribution is 0.430. The number of nitrogens with zero attached hydrogens (tertiary/aromatic N) is 2. The van der Waals surface area contributed by atoms with Gasteiger partial charge >= 0.3 is 0 Å². The van der Waals surface area contributed by atoms with Crippen LogP contribution in [-0.4, -0.2) is 9.78 Å². The molecule has 1 aromatic heterocycles. The maximum Gasteiger partial charge on any atom is 0.127 e. The molecule has 1 aliphatic carbocycles. The fourth-order valence-corrected chi connectivity index (χ4v) is 3.05. The third-order valence-corrected chi connectivity index (χ3v) is 4.26. The zero-order valence-corrected chi connectivity index (χ0v) is 11.8. The molecule has 0 unspecified atom stereocenters. The molecular weight excluding hydrogens is 253 g/mol. The molecule has 0 atom stereocenters. The van der Waals surface area contributed by atoms with Crippen molar-refractivity contribution in [2.45, 2.75) is 38.0 Å². The minimum absolute atomic E-state index is 0.112. The second-order valence-electron chi connectivity index (χ2n) is 5.65. The van der Waals surface area contributed by atoms with Gasteiger partial charge in [0.15, 0.2) is 0 Å². The Hall–Kier alpha value is -1.84. The van der Waals surface area contributed by atoms with Crippen LogP contribution in [0.1, 0.15) is 43.6 Å². The number of halogens is 1. The maximum absolute atomic E-state index is 14.4. The van der Waals surface area contributed by atoms with E-state index in [4.69, 9.17) is 5.73 Å². The Morgan fingerprint density at radius 3 is 2.55 bits per heavy atom. The van der Waals surface area contributed by atoms with Crippen molar-refractivity contribution in [1.82, 2.24) is 9.78 Å². The van der Waals surface area contributed by atoms with Gasteiger partial charge in [-0.25, -0.2) is 4.39 Å². The van der Waals surface area contributed by atoms with Crippen LogP contribution in [0.25, 0.3) is 11.3 Å². The lowest BCUT2D eigenvalue weighted by atomic mass is 9.83. The van der Waals surface area contributed by atoms with E-state index >= 15 is 0 Å². The van der Waals surface area contributed by atoms with Crippen LogP contribution in [0.4, 0.5) is 10.2 Å². The molecule has 2 aromatic rings. The van der Waals surface area contributed by atoms with Crippen LogP contribution in [0.5, 0.6) is 0 Å². The Morgan fingerprint density at radius 1 is 1.20 bits per heavy atom. The average molecular weight is 273 g/mol. The zero-order valence-electron chi connectivity index (χ0n) is 11.8.